The van der Waals surface area contributed by atoms with Gasteiger partial charge >= 0.3 is 0 Å². The first-order valence-corrected chi connectivity index (χ1v) is 11.2. The number of nitrogens with zero attached hydrogens (tertiary/aromatic N) is 3. The van der Waals surface area contributed by atoms with E-state index >= 15 is 0 Å². The van der Waals surface area contributed by atoms with Crippen molar-refractivity contribution in [1.82, 2.24) is 9.47 Å². The Morgan fingerprint density at radius 2 is 2.00 bits per heavy atom. The molecule has 1 aliphatic carbocycles. The van der Waals surface area contributed by atoms with Crippen molar-refractivity contribution in [2.75, 3.05) is 18.9 Å². The number of rotatable bonds is 6. The molecular formula is C24H26N4OS. The molecule has 3 aromatic rings. The van der Waals surface area contributed by atoms with Gasteiger partial charge in [0.1, 0.15) is 11.9 Å². The van der Waals surface area contributed by atoms with E-state index < -0.39 is 0 Å². The highest BCUT2D eigenvalue weighted by atomic mass is 32.1. The monoisotopic (exact) mass is 418 g/mol. The van der Waals surface area contributed by atoms with E-state index in [-0.39, 0.29) is 18.5 Å². The number of hydrogen-bond acceptors (Lipinski definition) is 4. The SMILES string of the molecule is C[C@H](c1cccs1)N(C)CC(=O)Nc1c(C#N)c2c(n1-c1ccccc1)CCCC2. The second-order valence-corrected chi connectivity index (χ2v) is 8.77. The number of carbonyl (C=O) groups is 1. The molecular weight excluding hydrogens is 392 g/mol. The third-order valence-corrected chi connectivity index (χ3v) is 6.91. The molecule has 0 saturated heterocycles. The molecule has 1 amide bonds. The average Bonchev–Trinajstić information content (AvgIpc) is 3.40. The van der Waals surface area contributed by atoms with Crippen LogP contribution in [0.2, 0.25) is 0 Å². The zero-order valence-corrected chi connectivity index (χ0v) is 18.2. The minimum atomic E-state index is -0.107. The minimum Gasteiger partial charge on any atom is -0.310 e. The Morgan fingerprint density at radius 1 is 1.23 bits per heavy atom. The molecule has 0 bridgehead atoms. The standard InChI is InChI=1S/C24H26N4OS/c1-17(22-13-8-14-30-22)27(2)16-23(29)26-24-20(15-25)19-11-6-7-12-21(19)28(24)18-9-4-3-5-10-18/h3-5,8-10,13-14,17H,6-7,11-12,16H2,1-2H3,(H,26,29)/t17-/m1/s1. The molecule has 1 aliphatic rings. The number of nitriles is 1. The smallest absolute Gasteiger partial charge is 0.239 e. The van der Waals surface area contributed by atoms with Crippen LogP contribution in [0.3, 0.4) is 0 Å². The Hall–Kier alpha value is -2.88. The van der Waals surface area contributed by atoms with E-state index in [1.807, 2.05) is 48.3 Å². The summed E-state index contributed by atoms with van der Waals surface area (Å²) >= 11 is 1.69. The highest BCUT2D eigenvalue weighted by Crippen LogP contribution is 2.35. The van der Waals surface area contributed by atoms with Gasteiger partial charge in [-0.1, -0.05) is 24.3 Å². The first kappa shape index (κ1) is 20.4. The molecule has 0 fully saturated rings. The topological polar surface area (TPSA) is 61.1 Å². The Morgan fingerprint density at radius 3 is 2.70 bits per heavy atom. The van der Waals surface area contributed by atoms with Gasteiger partial charge in [-0.2, -0.15) is 5.26 Å². The zero-order chi connectivity index (χ0) is 21.1. The van der Waals surface area contributed by atoms with Gasteiger partial charge in [-0.25, -0.2) is 0 Å². The van der Waals surface area contributed by atoms with Crippen molar-refractivity contribution in [3.63, 3.8) is 0 Å². The Bertz CT molecular complexity index is 1060. The third kappa shape index (κ3) is 3.91. The molecule has 1 N–H and O–H groups in total. The van der Waals surface area contributed by atoms with Gasteiger partial charge in [0.15, 0.2) is 0 Å². The summed E-state index contributed by atoms with van der Waals surface area (Å²) in [7, 11) is 1.95. The fourth-order valence-corrected chi connectivity index (χ4v) is 5.03. The summed E-state index contributed by atoms with van der Waals surface area (Å²) in [6.45, 7) is 2.36. The number of fused-ring (bicyclic) bond motifs is 1. The van der Waals surface area contributed by atoms with Crippen molar-refractivity contribution in [2.45, 2.75) is 38.6 Å². The Kier molecular flexibility index (Phi) is 6.03. The molecule has 1 aromatic carbocycles. The fraction of sp³-hybridized carbons (Fsp3) is 0.333. The van der Waals surface area contributed by atoms with Crippen molar-refractivity contribution < 1.29 is 4.79 Å². The van der Waals surface area contributed by atoms with Crippen LogP contribution in [0.5, 0.6) is 0 Å². The molecule has 2 heterocycles. The maximum absolute atomic E-state index is 13.0. The Labute approximate surface area is 181 Å². The fourth-order valence-electron chi connectivity index (χ4n) is 4.18. The molecule has 0 aliphatic heterocycles. The summed E-state index contributed by atoms with van der Waals surface area (Å²) in [4.78, 5) is 16.2. The second-order valence-electron chi connectivity index (χ2n) is 7.79. The molecule has 4 rings (SSSR count). The highest BCUT2D eigenvalue weighted by Gasteiger charge is 2.27. The van der Waals surface area contributed by atoms with E-state index in [0.29, 0.717) is 11.4 Å². The maximum atomic E-state index is 13.0. The van der Waals surface area contributed by atoms with E-state index in [4.69, 9.17) is 0 Å². The van der Waals surface area contributed by atoms with Crippen molar-refractivity contribution in [2.24, 2.45) is 0 Å². The number of hydrogen-bond donors (Lipinski definition) is 1. The number of amides is 1. The van der Waals surface area contributed by atoms with E-state index in [9.17, 15) is 10.1 Å². The second kappa shape index (κ2) is 8.86. The summed E-state index contributed by atoms with van der Waals surface area (Å²) < 4.78 is 2.08. The lowest BCUT2D eigenvalue weighted by Crippen LogP contribution is -2.32. The lowest BCUT2D eigenvalue weighted by molar-refractivity contribution is -0.117. The van der Waals surface area contributed by atoms with Crippen LogP contribution in [-0.2, 0) is 17.6 Å². The van der Waals surface area contributed by atoms with Gasteiger partial charge in [-0.05, 0) is 68.8 Å². The normalized spacial score (nSPS) is 14.2. The van der Waals surface area contributed by atoms with Crippen molar-refractivity contribution >= 4 is 23.1 Å². The maximum Gasteiger partial charge on any atom is 0.239 e. The number of likely N-dealkylation sites (N-methyl/N-ethyl adjacent to an activating group) is 1. The molecule has 5 nitrogen and oxygen atoms in total. The van der Waals surface area contributed by atoms with Gasteiger partial charge in [0.05, 0.1) is 12.1 Å². The van der Waals surface area contributed by atoms with Crippen LogP contribution in [0.1, 0.15) is 47.5 Å². The van der Waals surface area contributed by atoms with E-state index in [1.165, 1.54) is 4.88 Å². The zero-order valence-electron chi connectivity index (χ0n) is 17.4. The van der Waals surface area contributed by atoms with E-state index in [2.05, 4.69) is 34.3 Å². The number of carbonyl (C=O) groups excluding carboxylic acids is 1. The molecule has 0 saturated carbocycles. The quantitative estimate of drug-likeness (QED) is 0.618. The Balaban J connectivity index is 1.64. The first-order valence-electron chi connectivity index (χ1n) is 10.4. The molecule has 0 radical (unpaired) electrons. The van der Waals surface area contributed by atoms with Crippen LogP contribution in [0.4, 0.5) is 5.82 Å². The van der Waals surface area contributed by atoms with E-state index in [0.717, 1.165) is 42.6 Å². The van der Waals surface area contributed by atoms with E-state index in [1.54, 1.807) is 11.3 Å². The first-order chi connectivity index (χ1) is 14.6. The van der Waals surface area contributed by atoms with Gasteiger partial charge in [-0.15, -0.1) is 11.3 Å². The van der Waals surface area contributed by atoms with Crippen LogP contribution in [0.25, 0.3) is 5.69 Å². The molecule has 0 spiro atoms. The molecule has 30 heavy (non-hydrogen) atoms. The van der Waals surface area contributed by atoms with Gasteiger partial charge in [0.25, 0.3) is 0 Å². The summed E-state index contributed by atoms with van der Waals surface area (Å²) in [6, 6.07) is 16.6. The summed E-state index contributed by atoms with van der Waals surface area (Å²) in [6.07, 6.45) is 3.98. The van der Waals surface area contributed by atoms with Crippen molar-refractivity contribution in [1.29, 1.82) is 5.26 Å². The summed E-state index contributed by atoms with van der Waals surface area (Å²) in [5.41, 5.74) is 3.83. The van der Waals surface area contributed by atoms with Gasteiger partial charge < -0.3 is 5.32 Å². The highest BCUT2D eigenvalue weighted by molar-refractivity contribution is 7.10. The number of nitrogens with one attached hydrogen (secondary N) is 1. The van der Waals surface area contributed by atoms with Crippen LogP contribution in [0, 0.1) is 11.3 Å². The van der Waals surface area contributed by atoms with Gasteiger partial charge in [0, 0.05) is 22.3 Å². The number of aromatic nitrogens is 1. The van der Waals surface area contributed by atoms with Gasteiger partial charge in [0.2, 0.25) is 5.91 Å². The lowest BCUT2D eigenvalue weighted by Gasteiger charge is -2.23. The third-order valence-electron chi connectivity index (χ3n) is 5.86. The summed E-state index contributed by atoms with van der Waals surface area (Å²) in [5, 5.41) is 15.1. The molecule has 2 aromatic heterocycles. The number of thiophene rings is 1. The minimum absolute atomic E-state index is 0.107. The number of para-hydroxylation sites is 1. The van der Waals surface area contributed by atoms with Crippen LogP contribution >= 0.6 is 11.3 Å². The van der Waals surface area contributed by atoms with Crippen LogP contribution in [0.15, 0.2) is 47.8 Å². The predicted octanol–water partition coefficient (Wildman–Crippen LogP) is 4.92. The van der Waals surface area contributed by atoms with Crippen molar-refractivity contribution in [3.8, 4) is 11.8 Å². The molecule has 154 valence electrons. The van der Waals surface area contributed by atoms with Crippen LogP contribution in [-0.4, -0.2) is 29.0 Å². The average molecular weight is 419 g/mol. The molecule has 6 heteroatoms. The largest absolute Gasteiger partial charge is 0.310 e. The molecule has 0 unspecified atom stereocenters. The lowest BCUT2D eigenvalue weighted by atomic mass is 9.95. The number of benzene rings is 1. The van der Waals surface area contributed by atoms with Crippen molar-refractivity contribution in [3.05, 3.63) is 69.5 Å². The van der Waals surface area contributed by atoms with Gasteiger partial charge in [-0.3, -0.25) is 14.3 Å². The van der Waals surface area contributed by atoms with Crippen LogP contribution < -0.4 is 5.32 Å². The molecule has 1 atom stereocenters. The summed E-state index contributed by atoms with van der Waals surface area (Å²) in [5.74, 6) is 0.502. The number of anilines is 1. The predicted molar refractivity (Wildman–Crippen MR) is 121 cm³/mol.